The van der Waals surface area contributed by atoms with E-state index in [4.69, 9.17) is 4.42 Å². The number of pyridine rings is 1. The summed E-state index contributed by atoms with van der Waals surface area (Å²) in [4.78, 5) is 36.1. The van der Waals surface area contributed by atoms with Crippen LogP contribution >= 0.6 is 0 Å². The van der Waals surface area contributed by atoms with Gasteiger partial charge in [-0.05, 0) is 37.1 Å². The van der Waals surface area contributed by atoms with E-state index in [1.165, 1.54) is 4.57 Å². The fourth-order valence-electron chi connectivity index (χ4n) is 3.64. The van der Waals surface area contributed by atoms with Crippen LogP contribution < -0.4 is 15.8 Å². The number of anilines is 1. The van der Waals surface area contributed by atoms with Crippen molar-refractivity contribution in [2.24, 2.45) is 13.0 Å². The Bertz CT molecular complexity index is 1030. The first-order chi connectivity index (χ1) is 13.6. The number of carbonyl (C=O) groups is 1. The highest BCUT2D eigenvalue weighted by atomic mass is 16.3. The monoisotopic (exact) mass is 381 g/mol. The van der Waals surface area contributed by atoms with Gasteiger partial charge in [-0.2, -0.15) is 0 Å². The van der Waals surface area contributed by atoms with Crippen molar-refractivity contribution < 1.29 is 9.21 Å². The van der Waals surface area contributed by atoms with E-state index < -0.39 is 0 Å². The number of rotatable bonds is 5. The third-order valence-electron chi connectivity index (χ3n) is 5.15. The number of hydrogen-bond acceptors (Lipinski definition) is 6. The molecule has 3 aromatic heterocycles. The van der Waals surface area contributed by atoms with Gasteiger partial charge in [0.25, 0.3) is 5.56 Å². The zero-order chi connectivity index (χ0) is 19.5. The van der Waals surface area contributed by atoms with Crippen molar-refractivity contribution in [1.82, 2.24) is 19.9 Å². The van der Waals surface area contributed by atoms with E-state index in [0.717, 1.165) is 18.6 Å². The van der Waals surface area contributed by atoms with E-state index in [1.807, 2.05) is 23.1 Å². The molecule has 146 valence electrons. The van der Waals surface area contributed by atoms with Crippen LogP contribution in [0.3, 0.4) is 0 Å². The first kappa shape index (κ1) is 18.2. The van der Waals surface area contributed by atoms with Crippen LogP contribution in [0.1, 0.15) is 18.6 Å². The first-order valence-corrected chi connectivity index (χ1v) is 9.50. The maximum atomic E-state index is 12.8. The molecule has 28 heavy (non-hydrogen) atoms. The van der Waals surface area contributed by atoms with Crippen molar-refractivity contribution in [3.63, 3.8) is 0 Å². The van der Waals surface area contributed by atoms with Gasteiger partial charge in [-0.3, -0.25) is 14.2 Å². The smallest absolute Gasteiger partial charge is 0.294 e. The highest BCUT2D eigenvalue weighted by Gasteiger charge is 2.28. The van der Waals surface area contributed by atoms with Crippen LogP contribution in [-0.2, 0) is 18.3 Å². The van der Waals surface area contributed by atoms with Crippen LogP contribution in [0, 0.1) is 5.92 Å². The maximum absolute atomic E-state index is 12.8. The van der Waals surface area contributed by atoms with Gasteiger partial charge in [0.2, 0.25) is 5.91 Å². The minimum atomic E-state index is -0.190. The summed E-state index contributed by atoms with van der Waals surface area (Å²) in [6.07, 6.45) is 5.58. The molecular formula is C20H23N5O3. The quantitative estimate of drug-likeness (QED) is 0.720. The summed E-state index contributed by atoms with van der Waals surface area (Å²) in [5.74, 6) is 1.08. The Morgan fingerprint density at radius 2 is 2.25 bits per heavy atom. The summed E-state index contributed by atoms with van der Waals surface area (Å²) in [5, 5.41) is 2.98. The number of amides is 1. The lowest BCUT2D eigenvalue weighted by Gasteiger charge is -2.32. The van der Waals surface area contributed by atoms with E-state index in [-0.39, 0.29) is 17.4 Å². The highest BCUT2D eigenvalue weighted by Crippen LogP contribution is 2.21. The van der Waals surface area contributed by atoms with E-state index in [2.05, 4.69) is 15.3 Å². The number of fused-ring (bicyclic) bond motifs is 1. The number of piperidine rings is 1. The molecule has 0 aromatic carbocycles. The number of nitrogens with zero attached hydrogens (tertiary/aromatic N) is 4. The van der Waals surface area contributed by atoms with Gasteiger partial charge in [-0.25, -0.2) is 9.97 Å². The Labute approximate surface area is 162 Å². The third kappa shape index (κ3) is 3.62. The minimum Gasteiger partial charge on any atom is -0.469 e. The second kappa shape index (κ2) is 7.84. The molecule has 1 N–H and O–H groups in total. The molecule has 1 fully saturated rings. The Kier molecular flexibility index (Phi) is 5.10. The molecule has 1 aliphatic rings. The lowest BCUT2D eigenvalue weighted by atomic mass is 9.97. The third-order valence-corrected chi connectivity index (χ3v) is 5.15. The van der Waals surface area contributed by atoms with Gasteiger partial charge >= 0.3 is 0 Å². The van der Waals surface area contributed by atoms with Gasteiger partial charge in [0.1, 0.15) is 11.3 Å². The minimum absolute atomic E-state index is 0.00976. The summed E-state index contributed by atoms with van der Waals surface area (Å²) < 4.78 is 6.80. The van der Waals surface area contributed by atoms with Crippen molar-refractivity contribution in [2.45, 2.75) is 19.3 Å². The summed E-state index contributed by atoms with van der Waals surface area (Å²) in [5.41, 5.74) is 1.04. The summed E-state index contributed by atoms with van der Waals surface area (Å²) in [6.45, 7) is 1.73. The second-order valence-corrected chi connectivity index (χ2v) is 7.05. The van der Waals surface area contributed by atoms with Gasteiger partial charge in [0, 0.05) is 39.3 Å². The van der Waals surface area contributed by atoms with Crippen molar-refractivity contribution in [1.29, 1.82) is 0 Å². The Hall–Kier alpha value is -3.16. The molecule has 1 aliphatic heterocycles. The molecule has 0 bridgehead atoms. The normalized spacial score (nSPS) is 17.0. The molecule has 1 saturated heterocycles. The van der Waals surface area contributed by atoms with Crippen molar-refractivity contribution in [3.05, 3.63) is 52.8 Å². The van der Waals surface area contributed by atoms with Crippen LogP contribution in [0.25, 0.3) is 11.2 Å². The second-order valence-electron chi connectivity index (χ2n) is 7.05. The molecule has 0 spiro atoms. The highest BCUT2D eigenvalue weighted by molar-refractivity contribution is 5.79. The molecule has 0 aliphatic carbocycles. The lowest BCUT2D eigenvalue weighted by molar-refractivity contribution is -0.125. The lowest BCUT2D eigenvalue weighted by Crippen LogP contribution is -2.45. The first-order valence-electron chi connectivity index (χ1n) is 9.50. The van der Waals surface area contributed by atoms with Crippen molar-refractivity contribution >= 4 is 22.9 Å². The van der Waals surface area contributed by atoms with Crippen LogP contribution in [0.2, 0.25) is 0 Å². The van der Waals surface area contributed by atoms with E-state index in [0.29, 0.717) is 43.0 Å². The van der Waals surface area contributed by atoms with Gasteiger partial charge < -0.3 is 14.6 Å². The molecule has 0 saturated carbocycles. The van der Waals surface area contributed by atoms with Crippen LogP contribution in [0.5, 0.6) is 0 Å². The van der Waals surface area contributed by atoms with Crippen LogP contribution in [0.4, 0.5) is 5.82 Å². The Morgan fingerprint density at radius 3 is 3.07 bits per heavy atom. The topological polar surface area (TPSA) is 93.3 Å². The average Bonchev–Trinajstić information content (AvgIpc) is 3.24. The van der Waals surface area contributed by atoms with Gasteiger partial charge in [-0.15, -0.1) is 0 Å². The fraction of sp³-hybridized carbons (Fsp3) is 0.400. The molecule has 1 amide bonds. The largest absolute Gasteiger partial charge is 0.469 e. The van der Waals surface area contributed by atoms with Gasteiger partial charge in [0.15, 0.2) is 11.5 Å². The number of furan rings is 1. The summed E-state index contributed by atoms with van der Waals surface area (Å²) in [7, 11) is 1.70. The summed E-state index contributed by atoms with van der Waals surface area (Å²) >= 11 is 0. The summed E-state index contributed by atoms with van der Waals surface area (Å²) in [6, 6.07) is 7.37. The molecular weight excluding hydrogens is 358 g/mol. The number of carbonyl (C=O) groups excluding carboxylic acids is 1. The zero-order valence-corrected chi connectivity index (χ0v) is 15.8. The molecule has 8 heteroatoms. The van der Waals surface area contributed by atoms with Crippen LogP contribution in [0.15, 0.2) is 45.9 Å². The van der Waals surface area contributed by atoms with E-state index in [9.17, 15) is 9.59 Å². The predicted octanol–water partition coefficient (Wildman–Crippen LogP) is 1.50. The maximum Gasteiger partial charge on any atom is 0.294 e. The van der Waals surface area contributed by atoms with Crippen molar-refractivity contribution in [3.8, 4) is 0 Å². The Balaban J connectivity index is 1.46. The standard InChI is InChI=1S/C20H23N5O3/c1-24-17-16(7-2-9-21-17)23-18(20(24)27)25-11-3-5-14(13-25)19(26)22-10-8-15-6-4-12-28-15/h2,4,6-7,9,12,14H,3,5,8,10-11,13H2,1H3,(H,22,26). The number of nitrogens with one attached hydrogen (secondary N) is 1. The average molecular weight is 381 g/mol. The number of aryl methyl sites for hydroxylation is 1. The predicted molar refractivity (Wildman–Crippen MR) is 105 cm³/mol. The molecule has 4 rings (SSSR count). The number of aromatic nitrogens is 3. The SMILES string of the molecule is Cn1c(=O)c(N2CCCC(C(=O)NCCc3ccco3)C2)nc2cccnc21. The molecule has 4 heterocycles. The van der Waals surface area contributed by atoms with Gasteiger partial charge in [0.05, 0.1) is 12.2 Å². The molecule has 1 atom stereocenters. The molecule has 8 nitrogen and oxygen atoms in total. The van der Waals surface area contributed by atoms with E-state index >= 15 is 0 Å². The fourth-order valence-corrected chi connectivity index (χ4v) is 3.64. The molecule has 3 aromatic rings. The van der Waals surface area contributed by atoms with Crippen LogP contribution in [-0.4, -0.2) is 40.1 Å². The zero-order valence-electron chi connectivity index (χ0n) is 15.8. The Morgan fingerprint density at radius 1 is 1.36 bits per heavy atom. The van der Waals surface area contributed by atoms with Crippen molar-refractivity contribution in [2.75, 3.05) is 24.5 Å². The molecule has 0 radical (unpaired) electrons. The number of hydrogen-bond donors (Lipinski definition) is 1. The van der Waals surface area contributed by atoms with E-state index in [1.54, 1.807) is 25.6 Å². The molecule has 1 unspecified atom stereocenters. The van der Waals surface area contributed by atoms with Gasteiger partial charge in [-0.1, -0.05) is 0 Å².